The zero-order chi connectivity index (χ0) is 18.7. The molecule has 0 aliphatic heterocycles. The molecule has 0 fully saturated rings. The third-order valence-electron chi connectivity index (χ3n) is 4.34. The summed E-state index contributed by atoms with van der Waals surface area (Å²) in [7, 11) is 1.69. The number of benzene rings is 2. The van der Waals surface area contributed by atoms with Crippen LogP contribution in [0, 0.1) is 13.8 Å². The van der Waals surface area contributed by atoms with Gasteiger partial charge in [-0.05, 0) is 55.7 Å². The second-order valence-corrected chi connectivity index (χ2v) is 7.61. The molecule has 26 heavy (non-hydrogen) atoms. The molecule has 0 N–H and O–H groups in total. The first-order chi connectivity index (χ1) is 12.5. The first-order valence-electron chi connectivity index (χ1n) is 8.43. The quantitative estimate of drug-likeness (QED) is 0.346. The van der Waals surface area contributed by atoms with Gasteiger partial charge >= 0.3 is 0 Å². The lowest BCUT2D eigenvalue weighted by Gasteiger charge is -2.16. The number of aryl methyl sites for hydroxylation is 1. The molecule has 0 aliphatic carbocycles. The van der Waals surface area contributed by atoms with Crippen LogP contribution in [0.5, 0.6) is 0 Å². The summed E-state index contributed by atoms with van der Waals surface area (Å²) in [5, 5.41) is 1.82. The van der Waals surface area contributed by atoms with Gasteiger partial charge in [-0.1, -0.05) is 35.5 Å². The number of methoxy groups -OCH3 is 1. The maximum absolute atomic E-state index is 13.3. The van der Waals surface area contributed by atoms with E-state index >= 15 is 0 Å². The van der Waals surface area contributed by atoms with Crippen LogP contribution in [-0.2, 0) is 4.74 Å². The minimum atomic E-state index is -0.0744. The minimum Gasteiger partial charge on any atom is -0.385 e. The van der Waals surface area contributed by atoms with Crippen LogP contribution in [0.2, 0.25) is 5.02 Å². The van der Waals surface area contributed by atoms with Crippen LogP contribution in [0.4, 0.5) is 0 Å². The smallest absolute Gasteiger partial charge is 0.266 e. The molecule has 1 heterocycles. The van der Waals surface area contributed by atoms with E-state index in [9.17, 15) is 4.79 Å². The van der Waals surface area contributed by atoms with Crippen molar-refractivity contribution in [2.45, 2.75) is 25.4 Å². The second-order valence-electron chi connectivity index (χ2n) is 6.11. The Morgan fingerprint density at radius 1 is 1.23 bits per heavy atom. The van der Waals surface area contributed by atoms with Crippen LogP contribution < -0.4 is 5.56 Å². The number of halogens is 1. The summed E-state index contributed by atoms with van der Waals surface area (Å²) >= 11 is 7.66. The molecule has 4 nitrogen and oxygen atoms in total. The number of aromatic nitrogens is 2. The van der Waals surface area contributed by atoms with Gasteiger partial charge in [0.2, 0.25) is 0 Å². The van der Waals surface area contributed by atoms with Crippen molar-refractivity contribution in [1.82, 2.24) is 9.55 Å². The second kappa shape index (κ2) is 8.25. The van der Waals surface area contributed by atoms with Crippen molar-refractivity contribution in [2.75, 3.05) is 19.5 Å². The molecule has 0 saturated carbocycles. The highest BCUT2D eigenvalue weighted by Gasteiger charge is 2.15. The van der Waals surface area contributed by atoms with E-state index in [1.165, 1.54) is 0 Å². The molecule has 2 aromatic carbocycles. The van der Waals surface area contributed by atoms with Gasteiger partial charge in [0, 0.05) is 24.5 Å². The van der Waals surface area contributed by atoms with Crippen molar-refractivity contribution in [1.29, 1.82) is 0 Å². The molecule has 0 atom stereocenters. The summed E-state index contributed by atoms with van der Waals surface area (Å²) in [6, 6.07) is 11.2. The van der Waals surface area contributed by atoms with Crippen LogP contribution in [0.25, 0.3) is 16.6 Å². The third kappa shape index (κ3) is 3.80. The molecule has 0 radical (unpaired) electrons. The molecular weight excluding hydrogens is 368 g/mol. The van der Waals surface area contributed by atoms with Crippen molar-refractivity contribution in [3.63, 3.8) is 0 Å². The monoisotopic (exact) mass is 388 g/mol. The molecule has 6 heteroatoms. The number of fused-ring (bicyclic) bond motifs is 1. The van der Waals surface area contributed by atoms with Gasteiger partial charge in [-0.15, -0.1) is 0 Å². The van der Waals surface area contributed by atoms with E-state index in [1.807, 2.05) is 32.0 Å². The lowest BCUT2D eigenvalue weighted by atomic mass is 10.1. The van der Waals surface area contributed by atoms with Gasteiger partial charge in [-0.25, -0.2) is 4.98 Å². The molecular formula is C20H21ClN2O2S. The highest BCUT2D eigenvalue weighted by molar-refractivity contribution is 7.99. The SMILES string of the molecule is COCCCSc1nc2cc(Cl)ccc2c(=O)n1-c1cccc(C)c1C. The Kier molecular flexibility index (Phi) is 6.01. The largest absolute Gasteiger partial charge is 0.385 e. The predicted molar refractivity (Wildman–Crippen MR) is 109 cm³/mol. The molecule has 136 valence electrons. The highest BCUT2D eigenvalue weighted by atomic mass is 35.5. The van der Waals surface area contributed by atoms with E-state index in [0.29, 0.717) is 27.7 Å². The van der Waals surface area contributed by atoms with Gasteiger partial charge in [-0.3, -0.25) is 9.36 Å². The summed E-state index contributed by atoms with van der Waals surface area (Å²) in [6.45, 7) is 4.76. The first-order valence-corrected chi connectivity index (χ1v) is 9.80. The molecule has 3 aromatic rings. The molecule has 0 bridgehead atoms. The van der Waals surface area contributed by atoms with Crippen LogP contribution in [0.15, 0.2) is 46.3 Å². The number of hydrogen-bond acceptors (Lipinski definition) is 4. The average molecular weight is 389 g/mol. The Balaban J connectivity index is 2.20. The average Bonchev–Trinajstić information content (AvgIpc) is 2.61. The number of rotatable bonds is 6. The zero-order valence-electron chi connectivity index (χ0n) is 15.1. The standard InChI is InChI=1S/C20H21ClN2O2S/c1-13-6-4-7-18(14(13)2)23-19(24)16-9-8-15(21)12-17(16)22-20(23)26-11-5-10-25-3/h4,6-9,12H,5,10-11H2,1-3H3. The summed E-state index contributed by atoms with van der Waals surface area (Å²) < 4.78 is 6.84. The van der Waals surface area contributed by atoms with Gasteiger partial charge in [0.05, 0.1) is 16.6 Å². The molecule has 0 aliphatic rings. The van der Waals surface area contributed by atoms with Crippen molar-refractivity contribution in [2.24, 2.45) is 0 Å². The van der Waals surface area contributed by atoms with E-state index in [2.05, 4.69) is 0 Å². The topological polar surface area (TPSA) is 44.1 Å². The first kappa shape index (κ1) is 19.0. The van der Waals surface area contributed by atoms with Gasteiger partial charge in [0.15, 0.2) is 5.16 Å². The van der Waals surface area contributed by atoms with Gasteiger partial charge < -0.3 is 4.74 Å². The summed E-state index contributed by atoms with van der Waals surface area (Å²) in [5.41, 5.74) is 3.63. The zero-order valence-corrected chi connectivity index (χ0v) is 16.7. The molecule has 3 rings (SSSR count). The number of ether oxygens (including phenoxy) is 1. The third-order valence-corrected chi connectivity index (χ3v) is 5.60. The van der Waals surface area contributed by atoms with Crippen LogP contribution in [0.1, 0.15) is 17.5 Å². The maximum atomic E-state index is 13.3. The minimum absolute atomic E-state index is 0.0744. The van der Waals surface area contributed by atoms with E-state index in [4.69, 9.17) is 21.3 Å². The van der Waals surface area contributed by atoms with Crippen molar-refractivity contribution >= 4 is 34.3 Å². The van der Waals surface area contributed by atoms with Crippen LogP contribution >= 0.6 is 23.4 Å². The molecule has 0 saturated heterocycles. The van der Waals surface area contributed by atoms with Gasteiger partial charge in [0.25, 0.3) is 5.56 Å². The number of thioether (sulfide) groups is 1. The van der Waals surface area contributed by atoms with E-state index in [0.717, 1.165) is 29.0 Å². The summed E-state index contributed by atoms with van der Waals surface area (Å²) in [6.07, 6.45) is 0.886. The lowest BCUT2D eigenvalue weighted by molar-refractivity contribution is 0.200. The van der Waals surface area contributed by atoms with E-state index in [1.54, 1.807) is 41.6 Å². The lowest BCUT2D eigenvalue weighted by Crippen LogP contribution is -2.23. The summed E-state index contributed by atoms with van der Waals surface area (Å²) in [4.78, 5) is 18.0. The normalized spacial score (nSPS) is 11.2. The van der Waals surface area contributed by atoms with E-state index in [-0.39, 0.29) is 5.56 Å². The Morgan fingerprint density at radius 3 is 2.81 bits per heavy atom. The Bertz CT molecular complexity index is 1000. The fourth-order valence-electron chi connectivity index (χ4n) is 2.79. The molecule has 1 aromatic heterocycles. The van der Waals surface area contributed by atoms with Gasteiger partial charge in [-0.2, -0.15) is 0 Å². The Hall–Kier alpha value is -1.82. The van der Waals surface area contributed by atoms with Crippen LogP contribution in [0.3, 0.4) is 0 Å². The maximum Gasteiger partial charge on any atom is 0.266 e. The number of nitrogens with zero attached hydrogens (tertiary/aromatic N) is 2. The Morgan fingerprint density at radius 2 is 2.04 bits per heavy atom. The van der Waals surface area contributed by atoms with E-state index < -0.39 is 0 Å². The molecule has 0 amide bonds. The van der Waals surface area contributed by atoms with Crippen LogP contribution in [-0.4, -0.2) is 29.0 Å². The fourth-order valence-corrected chi connectivity index (χ4v) is 3.88. The molecule has 0 unspecified atom stereocenters. The van der Waals surface area contributed by atoms with Crippen molar-refractivity contribution in [3.8, 4) is 5.69 Å². The fraction of sp³-hybridized carbons (Fsp3) is 0.300. The van der Waals surface area contributed by atoms with Crippen molar-refractivity contribution in [3.05, 3.63) is 62.9 Å². The molecule has 0 spiro atoms. The van der Waals surface area contributed by atoms with Gasteiger partial charge in [0.1, 0.15) is 0 Å². The van der Waals surface area contributed by atoms with Crippen molar-refractivity contribution < 1.29 is 4.74 Å². The number of hydrogen-bond donors (Lipinski definition) is 0. The highest BCUT2D eigenvalue weighted by Crippen LogP contribution is 2.25. The summed E-state index contributed by atoms with van der Waals surface area (Å²) in [5.74, 6) is 0.817. The predicted octanol–water partition coefficient (Wildman–Crippen LogP) is 4.78. The Labute approximate surface area is 162 Å².